The highest BCUT2D eigenvalue weighted by Crippen LogP contribution is 2.39. The van der Waals surface area contributed by atoms with Crippen molar-refractivity contribution in [2.24, 2.45) is 0 Å². The van der Waals surface area contributed by atoms with E-state index in [0.717, 1.165) is 36.3 Å². The van der Waals surface area contributed by atoms with Crippen LogP contribution >= 0.6 is 0 Å². The van der Waals surface area contributed by atoms with Gasteiger partial charge in [-0.25, -0.2) is 4.79 Å². The molecule has 0 spiro atoms. The number of halogens is 3. The summed E-state index contributed by atoms with van der Waals surface area (Å²) in [4.78, 5) is 12.4. The molecule has 186 valence electrons. The number of aliphatic hydroxyl groups is 1. The quantitative estimate of drug-likeness (QED) is 0.509. The minimum atomic E-state index is -4.43. The molecule has 0 aromatic heterocycles. The van der Waals surface area contributed by atoms with Gasteiger partial charge >= 0.3 is 12.2 Å². The van der Waals surface area contributed by atoms with Gasteiger partial charge in [-0.3, -0.25) is 0 Å². The number of ether oxygens (including phenoxy) is 3. The first-order valence-electron chi connectivity index (χ1n) is 10.9. The second kappa shape index (κ2) is 11.4. The summed E-state index contributed by atoms with van der Waals surface area (Å²) in [6, 6.07) is 11.4. The lowest BCUT2D eigenvalue weighted by Gasteiger charge is -2.38. The van der Waals surface area contributed by atoms with Gasteiger partial charge in [-0.2, -0.15) is 13.2 Å². The van der Waals surface area contributed by atoms with Crippen LogP contribution in [0.5, 0.6) is 11.5 Å². The highest BCUT2D eigenvalue weighted by atomic mass is 19.4. The van der Waals surface area contributed by atoms with Gasteiger partial charge in [0, 0.05) is 37.3 Å². The fourth-order valence-electron chi connectivity index (χ4n) is 3.90. The molecule has 7 nitrogen and oxygen atoms in total. The number of methoxy groups -OCH3 is 1. The molecule has 0 saturated carbocycles. The summed E-state index contributed by atoms with van der Waals surface area (Å²) in [5.74, 6) is 0.942. The van der Waals surface area contributed by atoms with Gasteiger partial charge < -0.3 is 30.0 Å². The summed E-state index contributed by atoms with van der Waals surface area (Å²) in [6.07, 6.45) is -4.03. The minimum absolute atomic E-state index is 0.0861. The van der Waals surface area contributed by atoms with Gasteiger partial charge in [0.05, 0.1) is 12.7 Å². The molecule has 0 bridgehead atoms. The third-order valence-corrected chi connectivity index (χ3v) is 5.84. The molecule has 1 aliphatic heterocycles. The maximum atomic E-state index is 12.6. The molecule has 0 aliphatic carbocycles. The number of hydrogen-bond donors (Lipinski definition) is 3. The molecular formula is C24H29F3N2O5. The molecule has 10 heteroatoms. The van der Waals surface area contributed by atoms with E-state index in [9.17, 15) is 23.1 Å². The van der Waals surface area contributed by atoms with Crippen LogP contribution in [0.3, 0.4) is 0 Å². The summed E-state index contributed by atoms with van der Waals surface area (Å²) >= 11 is 0. The van der Waals surface area contributed by atoms with E-state index in [1.165, 1.54) is 12.1 Å². The maximum absolute atomic E-state index is 12.6. The van der Waals surface area contributed by atoms with Crippen molar-refractivity contribution in [3.8, 4) is 11.5 Å². The Hall–Kier alpha value is -2.98. The Kier molecular flexibility index (Phi) is 8.62. The Morgan fingerprint density at radius 3 is 2.44 bits per heavy atom. The maximum Gasteiger partial charge on any atom is 0.416 e. The lowest BCUT2D eigenvalue weighted by Crippen LogP contribution is -2.48. The van der Waals surface area contributed by atoms with E-state index in [1.54, 1.807) is 7.11 Å². The number of para-hydroxylation sites is 1. The van der Waals surface area contributed by atoms with E-state index in [0.29, 0.717) is 19.8 Å². The van der Waals surface area contributed by atoms with Crippen molar-refractivity contribution in [1.29, 1.82) is 0 Å². The molecule has 3 rings (SSSR count). The van der Waals surface area contributed by atoms with Crippen LogP contribution in [0, 0.1) is 0 Å². The third kappa shape index (κ3) is 6.77. The third-order valence-electron chi connectivity index (χ3n) is 5.84. The van der Waals surface area contributed by atoms with Crippen LogP contribution in [0.25, 0.3) is 0 Å². The summed E-state index contributed by atoms with van der Waals surface area (Å²) < 4.78 is 54.2. The van der Waals surface area contributed by atoms with Crippen LogP contribution in [-0.2, 0) is 16.3 Å². The Balaban J connectivity index is 1.48. The molecule has 3 N–H and O–H groups in total. The lowest BCUT2D eigenvalue weighted by atomic mass is 9.73. The molecule has 2 aromatic rings. The number of benzene rings is 2. The molecule has 1 fully saturated rings. The van der Waals surface area contributed by atoms with E-state index in [-0.39, 0.29) is 24.3 Å². The summed E-state index contributed by atoms with van der Waals surface area (Å²) in [5.41, 5.74) is -0.118. The average Bonchev–Trinajstić information content (AvgIpc) is 2.85. The highest BCUT2D eigenvalue weighted by molar-refractivity contribution is 5.74. The van der Waals surface area contributed by atoms with Gasteiger partial charge in [-0.15, -0.1) is 0 Å². The summed E-state index contributed by atoms with van der Waals surface area (Å²) in [6.45, 7) is 1.23. The second-order valence-electron chi connectivity index (χ2n) is 8.14. The zero-order chi connectivity index (χ0) is 24.6. The number of hydrogen-bond acceptors (Lipinski definition) is 5. The SMILES string of the molecule is COc1ccccc1C1(CNC(=O)NCC(O)COc2ccc(C(F)(F)F)cc2)CCOCC1. The van der Waals surface area contributed by atoms with Crippen molar-refractivity contribution >= 4 is 6.03 Å². The molecule has 34 heavy (non-hydrogen) atoms. The smallest absolute Gasteiger partial charge is 0.416 e. The van der Waals surface area contributed by atoms with Crippen LogP contribution in [-0.4, -0.2) is 57.3 Å². The number of alkyl halides is 3. The molecular weight excluding hydrogens is 453 g/mol. The largest absolute Gasteiger partial charge is 0.496 e. The monoisotopic (exact) mass is 482 g/mol. The predicted molar refractivity (Wildman–Crippen MR) is 119 cm³/mol. The van der Waals surface area contributed by atoms with Crippen LogP contribution < -0.4 is 20.1 Å². The van der Waals surface area contributed by atoms with Gasteiger partial charge in [0.25, 0.3) is 0 Å². The number of carbonyl (C=O) groups is 1. The van der Waals surface area contributed by atoms with E-state index in [2.05, 4.69) is 10.6 Å². The zero-order valence-electron chi connectivity index (χ0n) is 18.9. The predicted octanol–water partition coefficient (Wildman–Crippen LogP) is 3.50. The summed E-state index contributed by atoms with van der Waals surface area (Å²) in [7, 11) is 1.61. The molecule has 1 atom stereocenters. The van der Waals surface area contributed by atoms with E-state index in [1.807, 2.05) is 24.3 Å². The standard InChI is InChI=1S/C24H29F3N2O5/c1-32-21-5-3-2-4-20(21)23(10-12-33-13-11-23)16-29-22(31)28-14-18(30)15-34-19-8-6-17(7-9-19)24(25,26)27/h2-9,18,30H,10-16H2,1H3,(H2,28,29,31). The molecule has 1 unspecified atom stereocenters. The molecule has 0 radical (unpaired) electrons. The van der Waals surface area contributed by atoms with Crippen molar-refractivity contribution in [3.63, 3.8) is 0 Å². The first-order valence-corrected chi connectivity index (χ1v) is 10.9. The number of nitrogens with one attached hydrogen (secondary N) is 2. The van der Waals surface area contributed by atoms with Gasteiger partial charge in [0.2, 0.25) is 0 Å². The highest BCUT2D eigenvalue weighted by Gasteiger charge is 2.37. The van der Waals surface area contributed by atoms with Crippen LogP contribution in [0.1, 0.15) is 24.0 Å². The normalized spacial score (nSPS) is 16.4. The second-order valence-corrected chi connectivity index (χ2v) is 8.14. The zero-order valence-corrected chi connectivity index (χ0v) is 18.9. The van der Waals surface area contributed by atoms with Crippen molar-refractivity contribution in [2.45, 2.75) is 30.5 Å². The number of amides is 2. The van der Waals surface area contributed by atoms with Gasteiger partial charge in [-0.05, 0) is 43.2 Å². The summed E-state index contributed by atoms with van der Waals surface area (Å²) in [5, 5.41) is 15.5. The van der Waals surface area contributed by atoms with Crippen LogP contribution in [0.15, 0.2) is 48.5 Å². The number of rotatable bonds is 9. The topological polar surface area (TPSA) is 89.1 Å². The molecule has 1 heterocycles. The lowest BCUT2D eigenvalue weighted by molar-refractivity contribution is -0.137. The number of carbonyl (C=O) groups excluding carboxylic acids is 1. The minimum Gasteiger partial charge on any atom is -0.496 e. The van der Waals surface area contributed by atoms with Crippen molar-refractivity contribution < 1.29 is 37.3 Å². The van der Waals surface area contributed by atoms with Gasteiger partial charge in [0.15, 0.2) is 0 Å². The van der Waals surface area contributed by atoms with Gasteiger partial charge in [0.1, 0.15) is 24.2 Å². The average molecular weight is 482 g/mol. The fourth-order valence-corrected chi connectivity index (χ4v) is 3.90. The van der Waals surface area contributed by atoms with Crippen molar-refractivity contribution in [2.75, 3.05) is 40.0 Å². The van der Waals surface area contributed by atoms with Crippen molar-refractivity contribution in [3.05, 3.63) is 59.7 Å². The van der Waals surface area contributed by atoms with Crippen LogP contribution in [0.2, 0.25) is 0 Å². The van der Waals surface area contributed by atoms with Crippen molar-refractivity contribution in [1.82, 2.24) is 10.6 Å². The first-order chi connectivity index (χ1) is 16.2. The molecule has 1 saturated heterocycles. The van der Waals surface area contributed by atoms with E-state index < -0.39 is 23.9 Å². The van der Waals surface area contributed by atoms with Gasteiger partial charge in [-0.1, -0.05) is 18.2 Å². The Morgan fingerprint density at radius 2 is 1.79 bits per heavy atom. The van der Waals surface area contributed by atoms with Crippen LogP contribution in [0.4, 0.5) is 18.0 Å². The first kappa shape index (κ1) is 25.6. The van der Waals surface area contributed by atoms with E-state index >= 15 is 0 Å². The molecule has 1 aliphatic rings. The Bertz CT molecular complexity index is 931. The number of aliphatic hydroxyl groups excluding tert-OH is 1. The Labute approximate surface area is 196 Å². The fraction of sp³-hybridized carbons (Fsp3) is 0.458. The van der Waals surface area contributed by atoms with E-state index in [4.69, 9.17) is 14.2 Å². The molecule has 2 aromatic carbocycles. The Morgan fingerprint density at radius 1 is 1.12 bits per heavy atom. The number of urea groups is 1. The molecule has 2 amide bonds.